The van der Waals surface area contributed by atoms with E-state index in [1.807, 2.05) is 30.3 Å². The maximum Gasteiger partial charge on any atom is 0.281 e. The molecule has 0 unspecified atom stereocenters. The van der Waals surface area contributed by atoms with E-state index in [-0.39, 0.29) is 11.7 Å². The average molecular weight is 338 g/mol. The van der Waals surface area contributed by atoms with Gasteiger partial charge in [-0.1, -0.05) is 38.1 Å². The van der Waals surface area contributed by atoms with Gasteiger partial charge < -0.3 is 10.4 Å². The van der Waals surface area contributed by atoms with Crippen molar-refractivity contribution in [2.45, 2.75) is 19.8 Å². The molecule has 1 aliphatic rings. The molecule has 4 nitrogen and oxygen atoms in total. The molecular weight excluding hydrogens is 320 g/mol. The third-order valence-corrected chi connectivity index (χ3v) is 4.16. The van der Waals surface area contributed by atoms with Crippen LogP contribution in [0.25, 0.3) is 6.08 Å². The molecule has 1 amide bonds. The van der Waals surface area contributed by atoms with Crippen molar-refractivity contribution in [1.29, 1.82) is 0 Å². The fraction of sp³-hybridized carbons (Fsp3) is 0.158. The second-order valence-electron chi connectivity index (χ2n) is 5.97. The van der Waals surface area contributed by atoms with E-state index in [0.29, 0.717) is 16.7 Å². The lowest BCUT2D eigenvalue weighted by molar-refractivity contribution is -0.113. The quantitative estimate of drug-likeness (QED) is 0.661. The number of nitrogens with one attached hydrogen (secondary N) is 1. The van der Waals surface area contributed by atoms with Crippen LogP contribution in [0.1, 0.15) is 30.9 Å². The number of benzene rings is 2. The SMILES string of the molecule is CC(C)c1ccc(N2C(=O)C(=Cc3cccc(O)c3)NC2=S)cc1. The second-order valence-corrected chi connectivity index (χ2v) is 6.36. The minimum absolute atomic E-state index is 0.151. The minimum atomic E-state index is -0.208. The molecule has 3 rings (SSSR count). The van der Waals surface area contributed by atoms with Crippen LogP contribution >= 0.6 is 12.2 Å². The topological polar surface area (TPSA) is 52.6 Å². The van der Waals surface area contributed by atoms with Crippen LogP contribution in [0.2, 0.25) is 0 Å². The summed E-state index contributed by atoms with van der Waals surface area (Å²) >= 11 is 5.31. The molecule has 122 valence electrons. The average Bonchev–Trinajstić information content (AvgIpc) is 2.81. The van der Waals surface area contributed by atoms with Crippen LogP contribution in [0.3, 0.4) is 0 Å². The number of aromatic hydroxyl groups is 1. The molecule has 2 aromatic carbocycles. The highest BCUT2D eigenvalue weighted by Crippen LogP contribution is 2.25. The predicted octanol–water partition coefficient (Wildman–Crippen LogP) is 3.78. The Balaban J connectivity index is 1.89. The molecular formula is C19H18N2O2S. The molecule has 0 saturated carbocycles. The van der Waals surface area contributed by atoms with E-state index in [0.717, 1.165) is 11.3 Å². The van der Waals surface area contributed by atoms with E-state index in [1.54, 1.807) is 24.3 Å². The first-order valence-electron chi connectivity index (χ1n) is 7.72. The van der Waals surface area contributed by atoms with E-state index >= 15 is 0 Å². The fourth-order valence-electron chi connectivity index (χ4n) is 2.56. The first-order chi connectivity index (χ1) is 11.5. The summed E-state index contributed by atoms with van der Waals surface area (Å²) in [5.41, 5.74) is 3.06. The summed E-state index contributed by atoms with van der Waals surface area (Å²) in [5.74, 6) is 0.374. The summed E-state index contributed by atoms with van der Waals surface area (Å²) in [7, 11) is 0. The molecule has 0 spiro atoms. The van der Waals surface area contributed by atoms with Gasteiger partial charge in [0.05, 0.1) is 5.69 Å². The van der Waals surface area contributed by atoms with Crippen molar-refractivity contribution in [3.8, 4) is 5.75 Å². The predicted molar refractivity (Wildman–Crippen MR) is 99.8 cm³/mol. The van der Waals surface area contributed by atoms with Gasteiger partial charge in [0.25, 0.3) is 5.91 Å². The highest BCUT2D eigenvalue weighted by Gasteiger charge is 2.31. The van der Waals surface area contributed by atoms with E-state index in [9.17, 15) is 9.90 Å². The summed E-state index contributed by atoms with van der Waals surface area (Å²) < 4.78 is 0. The van der Waals surface area contributed by atoms with Crippen molar-refractivity contribution in [1.82, 2.24) is 5.32 Å². The standard InChI is InChI=1S/C19H18N2O2S/c1-12(2)14-6-8-15(9-7-14)21-18(23)17(20-19(21)24)11-13-4-3-5-16(22)10-13/h3-12,22H,1-2H3,(H,20,24). The summed E-state index contributed by atoms with van der Waals surface area (Å²) in [5, 5.41) is 12.8. The number of phenols is 1. The van der Waals surface area contributed by atoms with Crippen LogP contribution in [0.4, 0.5) is 5.69 Å². The molecule has 2 aromatic rings. The lowest BCUT2D eigenvalue weighted by atomic mass is 10.0. The lowest BCUT2D eigenvalue weighted by Crippen LogP contribution is -2.30. The van der Waals surface area contributed by atoms with Crippen molar-refractivity contribution >= 4 is 35.0 Å². The van der Waals surface area contributed by atoms with Gasteiger partial charge in [0, 0.05) is 0 Å². The van der Waals surface area contributed by atoms with Crippen molar-refractivity contribution < 1.29 is 9.90 Å². The Hall–Kier alpha value is -2.66. The Morgan fingerprint density at radius 1 is 1.17 bits per heavy atom. The van der Waals surface area contributed by atoms with Gasteiger partial charge >= 0.3 is 0 Å². The van der Waals surface area contributed by atoms with Crippen LogP contribution < -0.4 is 10.2 Å². The van der Waals surface area contributed by atoms with Gasteiger partial charge in [-0.3, -0.25) is 9.69 Å². The Morgan fingerprint density at radius 3 is 2.50 bits per heavy atom. The van der Waals surface area contributed by atoms with Crippen LogP contribution in [0.5, 0.6) is 5.75 Å². The third-order valence-electron chi connectivity index (χ3n) is 3.88. The second kappa shape index (κ2) is 6.45. The minimum Gasteiger partial charge on any atom is -0.508 e. The monoisotopic (exact) mass is 338 g/mol. The normalized spacial score (nSPS) is 16.1. The number of rotatable bonds is 3. The number of amides is 1. The lowest BCUT2D eigenvalue weighted by Gasteiger charge is -2.15. The summed E-state index contributed by atoms with van der Waals surface area (Å²) in [6, 6.07) is 14.5. The maximum absolute atomic E-state index is 12.7. The largest absolute Gasteiger partial charge is 0.508 e. The van der Waals surface area contributed by atoms with E-state index in [2.05, 4.69) is 19.2 Å². The number of hydrogen-bond donors (Lipinski definition) is 2. The van der Waals surface area contributed by atoms with Crippen molar-refractivity contribution in [2.24, 2.45) is 0 Å². The third kappa shape index (κ3) is 3.16. The number of nitrogens with zero attached hydrogens (tertiary/aromatic N) is 1. The molecule has 2 N–H and O–H groups in total. The van der Waals surface area contributed by atoms with Crippen molar-refractivity contribution in [2.75, 3.05) is 4.90 Å². The molecule has 5 heteroatoms. The number of phenolic OH excluding ortho intramolecular Hbond substituents is 1. The zero-order valence-electron chi connectivity index (χ0n) is 13.5. The molecule has 24 heavy (non-hydrogen) atoms. The Bertz CT molecular complexity index is 826. The van der Waals surface area contributed by atoms with Gasteiger partial charge in [-0.05, 0) is 59.6 Å². The van der Waals surface area contributed by atoms with Gasteiger partial charge in [-0.25, -0.2) is 0 Å². The van der Waals surface area contributed by atoms with Gasteiger partial charge in [0.15, 0.2) is 5.11 Å². The number of thiocarbonyl (C=S) groups is 1. The molecule has 1 heterocycles. The highest BCUT2D eigenvalue weighted by molar-refractivity contribution is 7.80. The van der Waals surface area contributed by atoms with Crippen molar-refractivity contribution in [3.05, 3.63) is 65.4 Å². The molecule has 0 atom stereocenters. The van der Waals surface area contributed by atoms with Gasteiger partial charge in [-0.15, -0.1) is 0 Å². The summed E-state index contributed by atoms with van der Waals surface area (Å²) in [4.78, 5) is 14.1. The molecule has 1 fully saturated rings. The van der Waals surface area contributed by atoms with E-state index < -0.39 is 0 Å². The number of carbonyl (C=O) groups is 1. The van der Waals surface area contributed by atoms with Gasteiger partial charge in [-0.2, -0.15) is 0 Å². The molecule has 0 bridgehead atoms. The van der Waals surface area contributed by atoms with Crippen LogP contribution in [-0.4, -0.2) is 16.1 Å². The van der Waals surface area contributed by atoms with E-state index in [4.69, 9.17) is 12.2 Å². The Kier molecular flexibility index (Phi) is 4.36. The number of hydrogen-bond acceptors (Lipinski definition) is 3. The fourth-order valence-corrected chi connectivity index (χ4v) is 2.86. The van der Waals surface area contributed by atoms with Crippen LogP contribution in [0, 0.1) is 0 Å². The molecule has 0 aliphatic carbocycles. The summed E-state index contributed by atoms with van der Waals surface area (Å²) in [6.07, 6.45) is 1.68. The first kappa shape index (κ1) is 16.2. The van der Waals surface area contributed by atoms with E-state index in [1.165, 1.54) is 10.5 Å². The highest BCUT2D eigenvalue weighted by atomic mass is 32.1. The molecule has 1 saturated heterocycles. The van der Waals surface area contributed by atoms with Gasteiger partial charge in [0.1, 0.15) is 11.4 Å². The molecule has 0 aromatic heterocycles. The number of anilines is 1. The van der Waals surface area contributed by atoms with Crippen LogP contribution in [-0.2, 0) is 4.79 Å². The van der Waals surface area contributed by atoms with Crippen molar-refractivity contribution in [3.63, 3.8) is 0 Å². The molecule has 0 radical (unpaired) electrons. The van der Waals surface area contributed by atoms with Gasteiger partial charge in [0.2, 0.25) is 0 Å². The molecule has 1 aliphatic heterocycles. The zero-order chi connectivity index (χ0) is 17.3. The smallest absolute Gasteiger partial charge is 0.281 e. The Morgan fingerprint density at radius 2 is 1.88 bits per heavy atom. The summed E-state index contributed by atoms with van der Waals surface area (Å²) in [6.45, 7) is 4.25. The van der Waals surface area contributed by atoms with Crippen LogP contribution in [0.15, 0.2) is 54.2 Å². The maximum atomic E-state index is 12.7. The zero-order valence-corrected chi connectivity index (χ0v) is 14.3. The first-order valence-corrected chi connectivity index (χ1v) is 8.12. The number of carbonyl (C=O) groups excluding carboxylic acids is 1. The Labute approximate surface area is 146 Å².